The number of ether oxygens (including phenoxy) is 3. The summed E-state index contributed by atoms with van der Waals surface area (Å²) in [5, 5.41) is 0. The van der Waals surface area contributed by atoms with Gasteiger partial charge in [0.2, 0.25) is 0 Å². The Labute approximate surface area is 171 Å². The van der Waals surface area contributed by atoms with Gasteiger partial charge in [-0.1, -0.05) is 78.9 Å². The highest BCUT2D eigenvalue weighted by atomic mass is 16.7. The molecule has 0 unspecified atom stereocenters. The first kappa shape index (κ1) is 19.4. The maximum atomic E-state index is 12.3. The second-order valence-corrected chi connectivity index (χ2v) is 7.08. The van der Waals surface area contributed by atoms with E-state index >= 15 is 0 Å². The molecule has 0 atom stereocenters. The summed E-state index contributed by atoms with van der Waals surface area (Å²) in [6, 6.07) is 27.8. The van der Waals surface area contributed by atoms with Crippen LogP contribution < -0.4 is 0 Å². The lowest BCUT2D eigenvalue weighted by molar-refractivity contribution is -0.207. The molecule has 0 aliphatic carbocycles. The van der Waals surface area contributed by atoms with Crippen molar-refractivity contribution in [2.45, 2.75) is 18.6 Å². The standard InChI is InChI=1S/C25H24O4/c1-2-27-23(26)21-15-9-10-16-22(21)24-28-17-25(18-29-24,19-11-5-3-6-12-19)20-13-7-4-8-14-20/h3-16,24H,2,17-18H2,1H3. The number of hydrogen-bond donors (Lipinski definition) is 0. The lowest BCUT2D eigenvalue weighted by atomic mass is 9.75. The van der Waals surface area contributed by atoms with Gasteiger partial charge < -0.3 is 14.2 Å². The van der Waals surface area contributed by atoms with Crippen molar-refractivity contribution in [2.24, 2.45) is 0 Å². The molecule has 3 aromatic rings. The molecule has 1 fully saturated rings. The van der Waals surface area contributed by atoms with E-state index in [1.165, 1.54) is 0 Å². The molecular formula is C25H24O4. The molecule has 4 nitrogen and oxygen atoms in total. The van der Waals surface area contributed by atoms with E-state index in [1.807, 2.05) is 54.6 Å². The quantitative estimate of drug-likeness (QED) is 0.584. The Balaban J connectivity index is 1.65. The van der Waals surface area contributed by atoms with Gasteiger partial charge >= 0.3 is 5.97 Å². The van der Waals surface area contributed by atoms with E-state index in [9.17, 15) is 4.79 Å². The van der Waals surface area contributed by atoms with Crippen LogP contribution in [0.3, 0.4) is 0 Å². The minimum Gasteiger partial charge on any atom is -0.462 e. The lowest BCUT2D eigenvalue weighted by Crippen LogP contribution is -2.43. The number of esters is 1. The molecule has 0 bridgehead atoms. The molecule has 0 radical (unpaired) electrons. The number of carbonyl (C=O) groups is 1. The highest BCUT2D eigenvalue weighted by molar-refractivity contribution is 5.91. The first-order chi connectivity index (χ1) is 14.2. The summed E-state index contributed by atoms with van der Waals surface area (Å²) in [6.07, 6.45) is -0.615. The minimum absolute atomic E-state index is 0.324. The summed E-state index contributed by atoms with van der Waals surface area (Å²) in [6.45, 7) is 3.01. The number of rotatable bonds is 5. The fourth-order valence-electron chi connectivity index (χ4n) is 3.82. The average molecular weight is 388 g/mol. The SMILES string of the molecule is CCOC(=O)c1ccccc1C1OCC(c2ccccc2)(c2ccccc2)CO1. The molecule has 1 aliphatic heterocycles. The molecule has 0 amide bonds. The third kappa shape index (κ3) is 3.82. The van der Waals surface area contributed by atoms with Crippen LogP contribution in [-0.2, 0) is 19.6 Å². The summed E-state index contributed by atoms with van der Waals surface area (Å²) in [5.41, 5.74) is 3.05. The zero-order valence-corrected chi connectivity index (χ0v) is 16.4. The minimum atomic E-state index is -0.615. The van der Waals surface area contributed by atoms with Gasteiger partial charge in [0.1, 0.15) is 0 Å². The Bertz CT molecular complexity index is 903. The fourth-order valence-corrected chi connectivity index (χ4v) is 3.82. The Hall–Kier alpha value is -2.95. The van der Waals surface area contributed by atoms with Gasteiger partial charge in [0.25, 0.3) is 0 Å². The van der Waals surface area contributed by atoms with Gasteiger partial charge in [0.15, 0.2) is 6.29 Å². The topological polar surface area (TPSA) is 44.8 Å². The summed E-state index contributed by atoms with van der Waals surface area (Å²) in [4.78, 5) is 12.3. The van der Waals surface area contributed by atoms with Crippen molar-refractivity contribution in [1.82, 2.24) is 0 Å². The molecule has 0 aromatic heterocycles. The monoisotopic (exact) mass is 388 g/mol. The molecule has 4 rings (SSSR count). The molecule has 0 spiro atoms. The van der Waals surface area contributed by atoms with E-state index in [0.29, 0.717) is 30.9 Å². The third-order valence-corrected chi connectivity index (χ3v) is 5.33. The molecule has 0 saturated carbocycles. The summed E-state index contributed by atoms with van der Waals surface area (Å²) < 4.78 is 17.6. The molecular weight excluding hydrogens is 364 g/mol. The summed E-state index contributed by atoms with van der Waals surface area (Å²) >= 11 is 0. The Morgan fingerprint density at radius 3 is 1.93 bits per heavy atom. The molecule has 3 aromatic carbocycles. The highest BCUT2D eigenvalue weighted by Gasteiger charge is 2.41. The van der Waals surface area contributed by atoms with E-state index < -0.39 is 11.7 Å². The van der Waals surface area contributed by atoms with Gasteiger partial charge in [0.05, 0.1) is 30.8 Å². The van der Waals surface area contributed by atoms with E-state index in [0.717, 1.165) is 11.1 Å². The number of hydrogen-bond acceptors (Lipinski definition) is 4. The lowest BCUT2D eigenvalue weighted by Gasteiger charge is -2.41. The molecule has 148 valence electrons. The predicted molar refractivity (Wildman–Crippen MR) is 111 cm³/mol. The van der Waals surface area contributed by atoms with Crippen LogP contribution in [-0.4, -0.2) is 25.8 Å². The van der Waals surface area contributed by atoms with Crippen LogP contribution in [0.4, 0.5) is 0 Å². The van der Waals surface area contributed by atoms with Crippen molar-refractivity contribution in [3.05, 3.63) is 107 Å². The van der Waals surface area contributed by atoms with Crippen molar-refractivity contribution in [3.8, 4) is 0 Å². The van der Waals surface area contributed by atoms with Gasteiger partial charge in [0, 0.05) is 5.56 Å². The van der Waals surface area contributed by atoms with E-state index in [4.69, 9.17) is 14.2 Å². The smallest absolute Gasteiger partial charge is 0.338 e. The highest BCUT2D eigenvalue weighted by Crippen LogP contribution is 2.40. The largest absolute Gasteiger partial charge is 0.462 e. The van der Waals surface area contributed by atoms with E-state index in [2.05, 4.69) is 24.3 Å². The molecule has 29 heavy (non-hydrogen) atoms. The number of benzene rings is 3. The Morgan fingerprint density at radius 1 is 0.862 bits per heavy atom. The number of carbonyl (C=O) groups excluding carboxylic acids is 1. The summed E-state index contributed by atoms with van der Waals surface area (Å²) in [7, 11) is 0. The normalized spacial score (nSPS) is 16.3. The van der Waals surface area contributed by atoms with Crippen LogP contribution in [0.5, 0.6) is 0 Å². The van der Waals surface area contributed by atoms with Crippen molar-refractivity contribution in [2.75, 3.05) is 19.8 Å². The molecule has 4 heteroatoms. The molecule has 0 N–H and O–H groups in total. The first-order valence-electron chi connectivity index (χ1n) is 9.85. The Kier molecular flexibility index (Phi) is 5.74. The zero-order valence-electron chi connectivity index (χ0n) is 16.4. The average Bonchev–Trinajstić information content (AvgIpc) is 2.80. The van der Waals surface area contributed by atoms with Crippen molar-refractivity contribution < 1.29 is 19.0 Å². The van der Waals surface area contributed by atoms with Crippen LogP contribution in [0.25, 0.3) is 0 Å². The first-order valence-corrected chi connectivity index (χ1v) is 9.85. The van der Waals surface area contributed by atoms with Crippen LogP contribution in [0.15, 0.2) is 84.9 Å². The van der Waals surface area contributed by atoms with Gasteiger partial charge in [-0.2, -0.15) is 0 Å². The van der Waals surface area contributed by atoms with Crippen molar-refractivity contribution >= 4 is 5.97 Å². The second kappa shape index (κ2) is 8.60. The van der Waals surface area contributed by atoms with Gasteiger partial charge in [-0.3, -0.25) is 0 Å². The molecule has 1 saturated heterocycles. The van der Waals surface area contributed by atoms with Crippen molar-refractivity contribution in [1.29, 1.82) is 0 Å². The van der Waals surface area contributed by atoms with Gasteiger partial charge in [-0.05, 0) is 24.1 Å². The molecule has 1 heterocycles. The molecule has 1 aliphatic rings. The van der Waals surface area contributed by atoms with Crippen LogP contribution >= 0.6 is 0 Å². The van der Waals surface area contributed by atoms with Crippen LogP contribution in [0.2, 0.25) is 0 Å². The van der Waals surface area contributed by atoms with E-state index in [-0.39, 0.29) is 5.97 Å². The third-order valence-electron chi connectivity index (χ3n) is 5.33. The van der Waals surface area contributed by atoms with Crippen LogP contribution in [0.1, 0.15) is 40.3 Å². The zero-order chi connectivity index (χ0) is 20.1. The summed E-state index contributed by atoms with van der Waals surface area (Å²) in [5.74, 6) is -0.363. The second-order valence-electron chi connectivity index (χ2n) is 7.08. The van der Waals surface area contributed by atoms with Crippen molar-refractivity contribution in [3.63, 3.8) is 0 Å². The van der Waals surface area contributed by atoms with Crippen LogP contribution in [0, 0.1) is 0 Å². The fraction of sp³-hybridized carbons (Fsp3) is 0.240. The maximum absolute atomic E-state index is 12.3. The van der Waals surface area contributed by atoms with Gasteiger partial charge in [-0.15, -0.1) is 0 Å². The van der Waals surface area contributed by atoms with E-state index in [1.54, 1.807) is 13.0 Å². The van der Waals surface area contributed by atoms with Gasteiger partial charge in [-0.25, -0.2) is 4.79 Å². The predicted octanol–water partition coefficient (Wildman–Crippen LogP) is 4.90. The maximum Gasteiger partial charge on any atom is 0.338 e. The Morgan fingerprint density at radius 2 is 1.38 bits per heavy atom.